The third-order valence-corrected chi connectivity index (χ3v) is 6.05. The lowest BCUT2D eigenvalue weighted by molar-refractivity contribution is -0.135. The zero-order chi connectivity index (χ0) is 19.9. The van der Waals surface area contributed by atoms with Crippen LogP contribution in [-0.2, 0) is 26.9 Å². The van der Waals surface area contributed by atoms with E-state index in [1.807, 2.05) is 18.3 Å². The highest BCUT2D eigenvalue weighted by Gasteiger charge is 2.37. The summed E-state index contributed by atoms with van der Waals surface area (Å²) in [4.78, 5) is 24.2. The van der Waals surface area contributed by atoms with Crippen LogP contribution in [0.4, 0.5) is 0 Å². The molecule has 2 aromatic rings. The van der Waals surface area contributed by atoms with Crippen molar-refractivity contribution < 1.29 is 18.8 Å². The Morgan fingerprint density at radius 2 is 1.96 bits per heavy atom. The summed E-state index contributed by atoms with van der Waals surface area (Å²) < 4.78 is 13.2. The van der Waals surface area contributed by atoms with Gasteiger partial charge in [-0.05, 0) is 30.5 Å². The van der Waals surface area contributed by atoms with Gasteiger partial charge in [0.2, 0.25) is 0 Å². The van der Waals surface area contributed by atoms with Crippen molar-refractivity contribution in [3.8, 4) is 0 Å². The molecule has 27 heavy (non-hydrogen) atoms. The molecule has 2 heterocycles. The predicted octanol–water partition coefficient (Wildman–Crippen LogP) is 3.58. The van der Waals surface area contributed by atoms with E-state index >= 15 is 0 Å². The topological polar surface area (TPSA) is 57.5 Å². The lowest BCUT2D eigenvalue weighted by atomic mass is 9.77. The average molecular weight is 388 g/mol. The van der Waals surface area contributed by atoms with E-state index in [0.29, 0.717) is 11.5 Å². The monoisotopic (exact) mass is 387 g/mol. The quantitative estimate of drug-likeness (QED) is 0.340. The Kier molecular flexibility index (Phi) is 5.32. The molecule has 5 nitrogen and oxygen atoms in total. The van der Waals surface area contributed by atoms with Crippen LogP contribution in [0, 0.1) is 11.3 Å². The molecule has 0 bridgehead atoms. The number of para-hydroxylation sites is 1. The number of nitrogens with zero attached hydrogens (tertiary/aromatic N) is 1. The molecule has 6 heteroatoms. The van der Waals surface area contributed by atoms with Crippen LogP contribution in [0.5, 0.6) is 0 Å². The molecule has 1 aromatic heterocycles. The van der Waals surface area contributed by atoms with Gasteiger partial charge in [-0.3, -0.25) is 4.79 Å². The maximum atomic E-state index is 12.5. The normalized spacial score (nSPS) is 18.0. The summed E-state index contributed by atoms with van der Waals surface area (Å²) in [6.45, 7) is 11.9. The Balaban J connectivity index is 2.03. The first-order chi connectivity index (χ1) is 12.6. The number of ketones is 1. The molecule has 2 atom stereocenters. The number of hydrogen-bond acceptors (Lipinski definition) is 4. The zero-order valence-electron chi connectivity index (χ0n) is 17.0. The Morgan fingerprint density at radius 1 is 1.26 bits per heavy atom. The molecule has 1 aromatic carbocycles. The third-order valence-electron chi connectivity index (χ3n) is 5.21. The summed E-state index contributed by atoms with van der Waals surface area (Å²) in [5.41, 5.74) is 2.71. The highest BCUT2D eigenvalue weighted by Crippen LogP contribution is 2.38. The predicted molar refractivity (Wildman–Crippen MR) is 109 cm³/mol. The second kappa shape index (κ2) is 7.24. The molecule has 1 aliphatic rings. The first-order valence-corrected chi connectivity index (χ1v) is 12.3. The van der Waals surface area contributed by atoms with Gasteiger partial charge in [0, 0.05) is 24.0 Å². The van der Waals surface area contributed by atoms with Crippen molar-refractivity contribution in [2.45, 2.75) is 52.9 Å². The number of rotatable bonds is 5. The first kappa shape index (κ1) is 19.8. The van der Waals surface area contributed by atoms with E-state index in [1.54, 1.807) is 0 Å². The summed E-state index contributed by atoms with van der Waals surface area (Å²) in [6.07, 6.45) is 2.87. The fourth-order valence-electron chi connectivity index (χ4n) is 4.25. The molecule has 0 N–H and O–H groups in total. The fourth-order valence-corrected chi connectivity index (χ4v) is 5.46. The molecule has 0 fully saturated rings. The van der Waals surface area contributed by atoms with Gasteiger partial charge in [-0.1, -0.05) is 39.0 Å². The summed E-state index contributed by atoms with van der Waals surface area (Å²) in [6, 6.07) is 5.98. The molecule has 0 aliphatic carbocycles. The molecule has 0 radical (unpaired) electrons. The second-order valence-corrected chi connectivity index (χ2v) is 11.1. The van der Waals surface area contributed by atoms with Crippen LogP contribution in [0.1, 0.15) is 36.7 Å². The summed E-state index contributed by atoms with van der Waals surface area (Å²) in [5, 5.41) is 0.827. The molecule has 2 unspecified atom stereocenters. The van der Waals surface area contributed by atoms with Crippen LogP contribution in [0.15, 0.2) is 24.4 Å². The molecule has 146 valence electrons. The third kappa shape index (κ3) is 3.73. The number of aromatic nitrogens is 1. The molecular formula is C21H29NO4Si. The number of esters is 1. The van der Waals surface area contributed by atoms with Gasteiger partial charge < -0.3 is 13.7 Å². The van der Waals surface area contributed by atoms with Crippen LogP contribution < -0.4 is 0 Å². The average Bonchev–Trinajstić information content (AvgIpc) is 2.97. The number of carbonyl (C=O) groups is 2. The first-order valence-electron chi connectivity index (χ1n) is 9.52. The summed E-state index contributed by atoms with van der Waals surface area (Å²) in [5.74, 6) is -1.08. The van der Waals surface area contributed by atoms with Crippen molar-refractivity contribution in [3.05, 3.63) is 35.5 Å². The largest absolute Gasteiger partial charge is 0.463 e. The van der Waals surface area contributed by atoms with Crippen LogP contribution in [0.3, 0.4) is 0 Å². The van der Waals surface area contributed by atoms with Crippen molar-refractivity contribution in [3.63, 3.8) is 0 Å². The number of Topliss-reactive ketones (excluding diaryl/α,β-unsaturated/α-hetero) is 1. The van der Waals surface area contributed by atoms with Crippen LogP contribution in [-0.4, -0.2) is 38.6 Å². The van der Waals surface area contributed by atoms with Gasteiger partial charge >= 0.3 is 5.97 Å². The lowest BCUT2D eigenvalue weighted by Gasteiger charge is -2.40. The van der Waals surface area contributed by atoms with E-state index in [9.17, 15) is 9.59 Å². The minimum absolute atomic E-state index is 0.0329. The summed E-state index contributed by atoms with van der Waals surface area (Å²) >= 11 is 0. The van der Waals surface area contributed by atoms with Gasteiger partial charge in [0.05, 0.1) is 24.3 Å². The molecule has 0 saturated heterocycles. The van der Waals surface area contributed by atoms with Gasteiger partial charge in [-0.2, -0.15) is 0 Å². The van der Waals surface area contributed by atoms with Gasteiger partial charge in [0.15, 0.2) is 9.04 Å². The Labute approximate surface area is 162 Å². The van der Waals surface area contributed by atoms with E-state index in [-0.39, 0.29) is 11.5 Å². The molecule has 0 saturated carbocycles. The maximum Gasteiger partial charge on any atom is 0.379 e. The van der Waals surface area contributed by atoms with E-state index < -0.39 is 20.8 Å². The van der Waals surface area contributed by atoms with Crippen LogP contribution >= 0.6 is 0 Å². The molecule has 3 rings (SSSR count). The Hall–Kier alpha value is -1.92. The number of hydrogen-bond donors (Lipinski definition) is 0. The Morgan fingerprint density at radius 3 is 2.56 bits per heavy atom. The van der Waals surface area contributed by atoms with Gasteiger partial charge in [-0.15, -0.1) is 0 Å². The molecule has 0 spiro atoms. The number of methoxy groups -OCH3 is 1. The van der Waals surface area contributed by atoms with E-state index in [4.69, 9.17) is 4.43 Å². The highest BCUT2D eigenvalue weighted by atomic mass is 28.3. The van der Waals surface area contributed by atoms with Gasteiger partial charge in [-0.25, -0.2) is 4.79 Å². The summed E-state index contributed by atoms with van der Waals surface area (Å²) in [7, 11) is 0.0387. The molecular weight excluding hydrogens is 358 g/mol. The smallest absolute Gasteiger partial charge is 0.379 e. The van der Waals surface area contributed by atoms with Crippen molar-refractivity contribution >= 4 is 31.7 Å². The fraction of sp³-hybridized carbons (Fsp3) is 0.524. The second-order valence-electron chi connectivity index (χ2n) is 8.76. The van der Waals surface area contributed by atoms with Crippen molar-refractivity contribution in [2.75, 3.05) is 7.11 Å². The van der Waals surface area contributed by atoms with Crippen molar-refractivity contribution in [1.29, 1.82) is 0 Å². The van der Waals surface area contributed by atoms with Crippen molar-refractivity contribution in [1.82, 2.24) is 4.57 Å². The maximum absolute atomic E-state index is 12.5. The molecule has 1 aliphatic heterocycles. The zero-order valence-corrected chi connectivity index (χ0v) is 18.2. The number of ether oxygens (including phenoxy) is 1. The minimum atomic E-state index is -1.20. The highest BCUT2D eigenvalue weighted by molar-refractivity contribution is 6.48. The van der Waals surface area contributed by atoms with E-state index in [1.165, 1.54) is 12.7 Å². The Bertz CT molecular complexity index is 878. The number of benzene rings is 1. The van der Waals surface area contributed by atoms with Gasteiger partial charge in [0.1, 0.15) is 0 Å². The lowest BCUT2D eigenvalue weighted by Crippen LogP contribution is -2.43. The van der Waals surface area contributed by atoms with Crippen LogP contribution in [0.25, 0.3) is 10.9 Å². The standard InChI is InChI=1S/C21H29NO4Si/c1-21(2,3)19(26-27(5)6)14-10-13-8-7-9-15-16(18(23)20(24)25-4)12-22(11-14)17(13)15/h7-9,12,14,19,27H,10-11H2,1-6H3. The van der Waals surface area contributed by atoms with E-state index in [2.05, 4.69) is 49.2 Å². The van der Waals surface area contributed by atoms with Crippen LogP contribution in [0.2, 0.25) is 13.1 Å². The van der Waals surface area contributed by atoms with Gasteiger partial charge in [0.25, 0.3) is 5.78 Å². The van der Waals surface area contributed by atoms with E-state index in [0.717, 1.165) is 23.9 Å². The number of carbonyl (C=O) groups excluding carboxylic acids is 2. The minimum Gasteiger partial charge on any atom is -0.463 e. The molecule has 0 amide bonds. The van der Waals surface area contributed by atoms with Crippen molar-refractivity contribution in [2.24, 2.45) is 11.3 Å². The SMILES string of the molecule is COC(=O)C(=O)c1cn2c3c(cccc13)CC(C(O[SiH](C)C)C(C)(C)C)C2.